The lowest BCUT2D eigenvalue weighted by Gasteiger charge is -2.11. The van der Waals surface area contributed by atoms with Crippen molar-refractivity contribution >= 4 is 28.9 Å². The third-order valence-corrected chi connectivity index (χ3v) is 2.99. The molecule has 0 fully saturated rings. The summed E-state index contributed by atoms with van der Waals surface area (Å²) in [5, 5.41) is 3.07. The summed E-state index contributed by atoms with van der Waals surface area (Å²) in [6, 6.07) is 12.0. The molecule has 0 heterocycles. The SMILES string of the molecule is COc1ccccc1NC(=O)COc1ccc(N)cc1Cl. The molecule has 0 aliphatic carbocycles. The zero-order valence-corrected chi connectivity index (χ0v) is 12.2. The molecule has 1 amide bonds. The zero-order chi connectivity index (χ0) is 15.2. The Morgan fingerprint density at radius 2 is 2.00 bits per heavy atom. The largest absolute Gasteiger partial charge is 0.495 e. The quantitative estimate of drug-likeness (QED) is 0.833. The van der Waals surface area contributed by atoms with E-state index in [1.165, 1.54) is 7.11 Å². The van der Waals surface area contributed by atoms with Crippen LogP contribution in [0.2, 0.25) is 5.02 Å². The van der Waals surface area contributed by atoms with Crippen molar-refractivity contribution in [1.82, 2.24) is 0 Å². The second-order valence-corrected chi connectivity index (χ2v) is 4.63. The van der Waals surface area contributed by atoms with Gasteiger partial charge in [-0.05, 0) is 30.3 Å². The summed E-state index contributed by atoms with van der Waals surface area (Å²) in [5.74, 6) is 0.671. The van der Waals surface area contributed by atoms with Gasteiger partial charge in [0.15, 0.2) is 6.61 Å². The number of nitrogen functional groups attached to an aromatic ring is 1. The van der Waals surface area contributed by atoms with Crippen molar-refractivity contribution in [2.24, 2.45) is 0 Å². The number of anilines is 2. The van der Waals surface area contributed by atoms with E-state index in [2.05, 4.69) is 5.32 Å². The minimum atomic E-state index is -0.313. The van der Waals surface area contributed by atoms with E-state index in [4.69, 9.17) is 26.8 Å². The molecule has 0 radical (unpaired) electrons. The van der Waals surface area contributed by atoms with Gasteiger partial charge < -0.3 is 20.5 Å². The molecule has 2 rings (SSSR count). The molecule has 2 aromatic rings. The van der Waals surface area contributed by atoms with Crippen LogP contribution >= 0.6 is 11.6 Å². The van der Waals surface area contributed by atoms with Gasteiger partial charge in [0.05, 0.1) is 17.8 Å². The second-order valence-electron chi connectivity index (χ2n) is 4.23. The van der Waals surface area contributed by atoms with Gasteiger partial charge in [-0.3, -0.25) is 4.79 Å². The van der Waals surface area contributed by atoms with Gasteiger partial charge in [-0.15, -0.1) is 0 Å². The van der Waals surface area contributed by atoms with E-state index < -0.39 is 0 Å². The summed E-state index contributed by atoms with van der Waals surface area (Å²) >= 11 is 5.96. The van der Waals surface area contributed by atoms with Gasteiger partial charge in [-0.1, -0.05) is 23.7 Å². The van der Waals surface area contributed by atoms with Gasteiger partial charge >= 0.3 is 0 Å². The fourth-order valence-electron chi connectivity index (χ4n) is 1.71. The molecule has 5 nitrogen and oxygen atoms in total. The number of hydrogen-bond donors (Lipinski definition) is 2. The van der Waals surface area contributed by atoms with Crippen LogP contribution in [0.3, 0.4) is 0 Å². The van der Waals surface area contributed by atoms with Gasteiger partial charge in [-0.25, -0.2) is 0 Å². The van der Waals surface area contributed by atoms with Crippen LogP contribution in [0.1, 0.15) is 0 Å². The Morgan fingerprint density at radius 3 is 2.71 bits per heavy atom. The molecular formula is C15H15ClN2O3. The molecule has 110 valence electrons. The van der Waals surface area contributed by atoms with Crippen LogP contribution in [0.25, 0.3) is 0 Å². The number of ether oxygens (including phenoxy) is 2. The molecule has 0 saturated carbocycles. The highest BCUT2D eigenvalue weighted by atomic mass is 35.5. The average molecular weight is 307 g/mol. The number of hydrogen-bond acceptors (Lipinski definition) is 4. The molecule has 6 heteroatoms. The number of carbonyl (C=O) groups is 1. The average Bonchev–Trinajstić information content (AvgIpc) is 2.47. The number of amides is 1. The number of benzene rings is 2. The van der Waals surface area contributed by atoms with Gasteiger partial charge in [0, 0.05) is 5.69 Å². The second kappa shape index (κ2) is 6.85. The van der Waals surface area contributed by atoms with Crippen LogP contribution in [0.5, 0.6) is 11.5 Å². The van der Waals surface area contributed by atoms with Crippen molar-refractivity contribution in [2.75, 3.05) is 24.8 Å². The Bertz CT molecular complexity index is 647. The van der Waals surface area contributed by atoms with Crippen molar-refractivity contribution in [3.8, 4) is 11.5 Å². The molecule has 0 saturated heterocycles. The summed E-state index contributed by atoms with van der Waals surface area (Å²) in [5.41, 5.74) is 6.70. The number of halogens is 1. The predicted octanol–water partition coefficient (Wildman–Crippen LogP) is 2.95. The summed E-state index contributed by atoms with van der Waals surface area (Å²) in [6.07, 6.45) is 0. The maximum atomic E-state index is 11.9. The van der Waals surface area contributed by atoms with E-state index in [-0.39, 0.29) is 12.5 Å². The topological polar surface area (TPSA) is 73.6 Å². The first-order valence-corrected chi connectivity index (χ1v) is 6.58. The third-order valence-electron chi connectivity index (χ3n) is 2.70. The fraction of sp³-hybridized carbons (Fsp3) is 0.133. The summed E-state index contributed by atoms with van der Waals surface area (Å²) in [7, 11) is 1.54. The first kappa shape index (κ1) is 15.0. The Kier molecular flexibility index (Phi) is 4.90. The Balaban J connectivity index is 1.96. The van der Waals surface area contributed by atoms with Gasteiger partial charge in [0.25, 0.3) is 5.91 Å². The van der Waals surface area contributed by atoms with Crippen molar-refractivity contribution in [1.29, 1.82) is 0 Å². The first-order valence-electron chi connectivity index (χ1n) is 6.21. The molecular weight excluding hydrogens is 292 g/mol. The van der Waals surface area contributed by atoms with Gasteiger partial charge in [0.1, 0.15) is 11.5 Å². The first-order chi connectivity index (χ1) is 10.1. The summed E-state index contributed by atoms with van der Waals surface area (Å²) in [4.78, 5) is 11.9. The molecule has 0 spiro atoms. The van der Waals surface area contributed by atoms with E-state index in [1.807, 2.05) is 6.07 Å². The molecule has 21 heavy (non-hydrogen) atoms. The number of nitrogens with one attached hydrogen (secondary N) is 1. The van der Waals surface area contributed by atoms with Crippen LogP contribution in [-0.4, -0.2) is 19.6 Å². The number of para-hydroxylation sites is 2. The van der Waals surface area contributed by atoms with Crippen LogP contribution in [-0.2, 0) is 4.79 Å². The fourth-order valence-corrected chi connectivity index (χ4v) is 1.96. The van der Waals surface area contributed by atoms with Gasteiger partial charge in [-0.2, -0.15) is 0 Å². The van der Waals surface area contributed by atoms with E-state index in [1.54, 1.807) is 36.4 Å². The van der Waals surface area contributed by atoms with E-state index in [0.29, 0.717) is 27.9 Å². The summed E-state index contributed by atoms with van der Waals surface area (Å²) in [6.45, 7) is -0.165. The lowest BCUT2D eigenvalue weighted by Crippen LogP contribution is -2.20. The normalized spacial score (nSPS) is 10.0. The Labute approximate surface area is 127 Å². The van der Waals surface area contributed by atoms with Crippen LogP contribution < -0.4 is 20.5 Å². The third kappa shape index (κ3) is 4.03. The Morgan fingerprint density at radius 1 is 1.24 bits per heavy atom. The predicted molar refractivity (Wildman–Crippen MR) is 83.0 cm³/mol. The maximum absolute atomic E-state index is 11.9. The molecule has 3 N–H and O–H groups in total. The van der Waals surface area contributed by atoms with Crippen molar-refractivity contribution in [3.63, 3.8) is 0 Å². The standard InChI is InChI=1S/C15H15ClN2O3/c1-20-14-5-3-2-4-12(14)18-15(19)9-21-13-7-6-10(17)8-11(13)16/h2-8H,9,17H2,1H3,(H,18,19). The zero-order valence-electron chi connectivity index (χ0n) is 11.4. The van der Waals surface area contributed by atoms with E-state index in [9.17, 15) is 4.79 Å². The molecule has 0 aliphatic heterocycles. The van der Waals surface area contributed by atoms with Crippen molar-refractivity contribution in [3.05, 3.63) is 47.5 Å². The van der Waals surface area contributed by atoms with Crippen LogP contribution in [0.4, 0.5) is 11.4 Å². The number of rotatable bonds is 5. The minimum Gasteiger partial charge on any atom is -0.495 e. The maximum Gasteiger partial charge on any atom is 0.262 e. The highest BCUT2D eigenvalue weighted by molar-refractivity contribution is 6.32. The highest BCUT2D eigenvalue weighted by Crippen LogP contribution is 2.26. The lowest BCUT2D eigenvalue weighted by molar-refractivity contribution is -0.118. The monoisotopic (exact) mass is 306 g/mol. The molecule has 0 unspecified atom stereocenters. The molecule has 0 atom stereocenters. The summed E-state index contributed by atoms with van der Waals surface area (Å²) < 4.78 is 10.5. The van der Waals surface area contributed by atoms with Gasteiger partial charge in [0.2, 0.25) is 0 Å². The molecule has 0 bridgehead atoms. The lowest BCUT2D eigenvalue weighted by atomic mass is 10.3. The van der Waals surface area contributed by atoms with Crippen molar-refractivity contribution in [2.45, 2.75) is 0 Å². The number of carbonyl (C=O) groups excluding carboxylic acids is 1. The minimum absolute atomic E-state index is 0.165. The van der Waals surface area contributed by atoms with Crippen molar-refractivity contribution < 1.29 is 14.3 Å². The Hall–Kier alpha value is -2.40. The number of nitrogens with two attached hydrogens (primary N) is 1. The molecule has 2 aromatic carbocycles. The smallest absolute Gasteiger partial charge is 0.262 e. The molecule has 0 aliphatic rings. The van der Waals surface area contributed by atoms with Crippen LogP contribution in [0.15, 0.2) is 42.5 Å². The number of methoxy groups -OCH3 is 1. The van der Waals surface area contributed by atoms with E-state index in [0.717, 1.165) is 0 Å². The van der Waals surface area contributed by atoms with E-state index >= 15 is 0 Å². The van der Waals surface area contributed by atoms with Crippen LogP contribution in [0, 0.1) is 0 Å². The molecule has 0 aromatic heterocycles. The highest BCUT2D eigenvalue weighted by Gasteiger charge is 2.09.